The molecular weight excluding hydrogens is 160 g/mol. The van der Waals surface area contributed by atoms with Crippen LogP contribution in [-0.4, -0.2) is 5.11 Å². The molecule has 0 saturated heterocycles. The van der Waals surface area contributed by atoms with Crippen molar-refractivity contribution in [3.63, 3.8) is 0 Å². The molecule has 0 radical (unpaired) electrons. The van der Waals surface area contributed by atoms with Crippen molar-refractivity contribution in [3.05, 3.63) is 29.3 Å². The van der Waals surface area contributed by atoms with Crippen molar-refractivity contribution in [2.45, 2.75) is 26.7 Å². The largest absolute Gasteiger partial charge is 0.508 e. The van der Waals surface area contributed by atoms with Gasteiger partial charge in [0, 0.05) is 6.42 Å². The molecule has 1 rings (SSSR count). The Bertz CT molecular complexity index is 342. The van der Waals surface area contributed by atoms with E-state index < -0.39 is 0 Å². The third-order valence-corrected chi connectivity index (χ3v) is 2.02. The molecule has 1 nitrogen and oxygen atoms in total. The van der Waals surface area contributed by atoms with Crippen LogP contribution in [0.25, 0.3) is 0 Å². The molecule has 1 heteroatoms. The number of hydrogen-bond donors (Lipinski definition) is 1. The van der Waals surface area contributed by atoms with Gasteiger partial charge in [0.2, 0.25) is 0 Å². The smallest absolute Gasteiger partial charge is 0.115 e. The molecule has 0 heterocycles. The molecule has 0 aromatic heterocycles. The lowest BCUT2D eigenvalue weighted by atomic mass is 10.0. The molecule has 1 aromatic carbocycles. The zero-order valence-corrected chi connectivity index (χ0v) is 8.09. The number of benzene rings is 1. The number of aryl methyl sites for hydroxylation is 2. The minimum absolute atomic E-state index is 0.336. The van der Waals surface area contributed by atoms with Crippen LogP contribution in [0.3, 0.4) is 0 Å². The van der Waals surface area contributed by atoms with Crippen molar-refractivity contribution in [2.75, 3.05) is 0 Å². The number of phenolic OH excluding ortho intramolecular Hbond substituents is 1. The Balaban J connectivity index is 2.70. The Morgan fingerprint density at radius 3 is 2.77 bits per heavy atom. The molecule has 0 spiro atoms. The molecule has 0 unspecified atom stereocenters. The Morgan fingerprint density at radius 2 is 2.15 bits per heavy atom. The molecule has 1 N–H and O–H groups in total. The zero-order chi connectivity index (χ0) is 9.68. The van der Waals surface area contributed by atoms with Crippen molar-refractivity contribution in [1.29, 1.82) is 0 Å². The van der Waals surface area contributed by atoms with Crippen molar-refractivity contribution in [3.8, 4) is 17.6 Å². The number of phenols is 1. The second-order valence-corrected chi connectivity index (χ2v) is 3.04. The van der Waals surface area contributed by atoms with Gasteiger partial charge < -0.3 is 5.11 Å². The highest BCUT2D eigenvalue weighted by atomic mass is 16.3. The summed E-state index contributed by atoms with van der Waals surface area (Å²) in [5.74, 6) is 6.23. The quantitative estimate of drug-likeness (QED) is 0.683. The van der Waals surface area contributed by atoms with Crippen LogP contribution in [0.5, 0.6) is 5.75 Å². The summed E-state index contributed by atoms with van der Waals surface area (Å²) in [6.07, 6.45) is 1.86. The second-order valence-electron chi connectivity index (χ2n) is 3.04. The predicted octanol–water partition coefficient (Wildman–Crippen LogP) is 2.66. The standard InChI is InChI=1S/C12H14O/c1-3-4-5-6-11-7-8-12(13)9-10(11)2/h7-9,13H,5-6H2,1-2H3. The van der Waals surface area contributed by atoms with Crippen LogP contribution in [0.15, 0.2) is 18.2 Å². The summed E-state index contributed by atoms with van der Waals surface area (Å²) in [5.41, 5.74) is 2.40. The van der Waals surface area contributed by atoms with Gasteiger partial charge in [-0.15, -0.1) is 11.8 Å². The van der Waals surface area contributed by atoms with Gasteiger partial charge in [-0.1, -0.05) is 6.07 Å². The summed E-state index contributed by atoms with van der Waals surface area (Å²) in [7, 11) is 0. The zero-order valence-electron chi connectivity index (χ0n) is 8.09. The van der Waals surface area contributed by atoms with Crippen LogP contribution < -0.4 is 0 Å². The average molecular weight is 174 g/mol. The lowest BCUT2D eigenvalue weighted by Crippen LogP contribution is -1.87. The first kappa shape index (κ1) is 9.67. The summed E-state index contributed by atoms with van der Waals surface area (Å²) in [5, 5.41) is 9.18. The van der Waals surface area contributed by atoms with Crippen molar-refractivity contribution in [1.82, 2.24) is 0 Å². The third kappa shape index (κ3) is 2.83. The lowest BCUT2D eigenvalue weighted by Gasteiger charge is -2.03. The van der Waals surface area contributed by atoms with Crippen LogP contribution in [0.1, 0.15) is 24.5 Å². The highest BCUT2D eigenvalue weighted by molar-refractivity contribution is 5.34. The van der Waals surface area contributed by atoms with Crippen LogP contribution in [0.2, 0.25) is 0 Å². The van der Waals surface area contributed by atoms with E-state index in [1.54, 1.807) is 12.1 Å². The van der Waals surface area contributed by atoms with Crippen LogP contribution in [0, 0.1) is 18.8 Å². The highest BCUT2D eigenvalue weighted by Gasteiger charge is 1.97. The van der Waals surface area contributed by atoms with Gasteiger partial charge in [-0.05, 0) is 43.5 Å². The van der Waals surface area contributed by atoms with Gasteiger partial charge in [0.25, 0.3) is 0 Å². The normalized spacial score (nSPS) is 9.08. The molecule has 0 amide bonds. The fourth-order valence-corrected chi connectivity index (χ4v) is 1.28. The van der Waals surface area contributed by atoms with E-state index in [0.29, 0.717) is 5.75 Å². The SMILES string of the molecule is CC#CCCc1ccc(O)cc1C. The minimum atomic E-state index is 0.336. The van der Waals surface area contributed by atoms with Gasteiger partial charge in [0.05, 0.1) is 0 Å². The molecule has 13 heavy (non-hydrogen) atoms. The average Bonchev–Trinajstić information content (AvgIpc) is 2.09. The van der Waals surface area contributed by atoms with E-state index in [-0.39, 0.29) is 0 Å². The van der Waals surface area contributed by atoms with E-state index in [2.05, 4.69) is 11.8 Å². The predicted molar refractivity (Wildman–Crippen MR) is 54.6 cm³/mol. The summed E-state index contributed by atoms with van der Waals surface area (Å²) < 4.78 is 0. The first-order valence-corrected chi connectivity index (χ1v) is 4.42. The maximum Gasteiger partial charge on any atom is 0.115 e. The molecular formula is C12H14O. The highest BCUT2D eigenvalue weighted by Crippen LogP contribution is 2.16. The fraction of sp³-hybridized carbons (Fsp3) is 0.333. The van der Waals surface area contributed by atoms with Gasteiger partial charge in [-0.2, -0.15) is 0 Å². The van der Waals surface area contributed by atoms with E-state index in [1.165, 1.54) is 5.56 Å². The van der Waals surface area contributed by atoms with E-state index in [1.807, 2.05) is 19.9 Å². The second kappa shape index (κ2) is 4.57. The van der Waals surface area contributed by atoms with E-state index >= 15 is 0 Å². The fourth-order valence-electron chi connectivity index (χ4n) is 1.28. The van der Waals surface area contributed by atoms with Gasteiger partial charge in [0.1, 0.15) is 5.75 Å². The van der Waals surface area contributed by atoms with Crippen LogP contribution in [-0.2, 0) is 6.42 Å². The van der Waals surface area contributed by atoms with E-state index in [9.17, 15) is 5.11 Å². The molecule has 0 aliphatic rings. The lowest BCUT2D eigenvalue weighted by molar-refractivity contribution is 0.474. The summed E-state index contributed by atoms with van der Waals surface area (Å²) in [6.45, 7) is 3.86. The van der Waals surface area contributed by atoms with Gasteiger partial charge >= 0.3 is 0 Å². The third-order valence-electron chi connectivity index (χ3n) is 2.02. The van der Waals surface area contributed by atoms with E-state index in [0.717, 1.165) is 18.4 Å². The minimum Gasteiger partial charge on any atom is -0.508 e. The Kier molecular flexibility index (Phi) is 3.40. The Hall–Kier alpha value is -1.42. The summed E-state index contributed by atoms with van der Waals surface area (Å²) >= 11 is 0. The monoisotopic (exact) mass is 174 g/mol. The molecule has 1 aromatic rings. The topological polar surface area (TPSA) is 20.2 Å². The summed E-state index contributed by atoms with van der Waals surface area (Å²) in [4.78, 5) is 0. The molecule has 0 bridgehead atoms. The molecule has 0 aliphatic heterocycles. The Morgan fingerprint density at radius 1 is 1.38 bits per heavy atom. The van der Waals surface area contributed by atoms with Crippen molar-refractivity contribution >= 4 is 0 Å². The van der Waals surface area contributed by atoms with Gasteiger partial charge in [0.15, 0.2) is 0 Å². The van der Waals surface area contributed by atoms with Crippen molar-refractivity contribution in [2.24, 2.45) is 0 Å². The number of hydrogen-bond acceptors (Lipinski definition) is 1. The van der Waals surface area contributed by atoms with Gasteiger partial charge in [-0.3, -0.25) is 0 Å². The maximum absolute atomic E-state index is 9.18. The van der Waals surface area contributed by atoms with Crippen molar-refractivity contribution < 1.29 is 5.11 Å². The molecule has 0 fully saturated rings. The van der Waals surface area contributed by atoms with Crippen LogP contribution in [0.4, 0.5) is 0 Å². The molecule has 68 valence electrons. The molecule has 0 saturated carbocycles. The first-order chi connectivity index (χ1) is 6.24. The first-order valence-electron chi connectivity index (χ1n) is 4.42. The van der Waals surface area contributed by atoms with E-state index in [4.69, 9.17) is 0 Å². The Labute approximate surface area is 79.4 Å². The maximum atomic E-state index is 9.18. The number of rotatable bonds is 2. The van der Waals surface area contributed by atoms with Gasteiger partial charge in [-0.25, -0.2) is 0 Å². The summed E-state index contributed by atoms with van der Waals surface area (Å²) in [6, 6.07) is 5.47. The number of aromatic hydroxyl groups is 1. The molecule has 0 atom stereocenters. The van der Waals surface area contributed by atoms with Crippen LogP contribution >= 0.6 is 0 Å². The molecule has 0 aliphatic carbocycles.